The first kappa shape index (κ1) is 11.1. The highest BCUT2D eigenvalue weighted by Crippen LogP contribution is 2.27. The van der Waals surface area contributed by atoms with E-state index in [1.54, 1.807) is 0 Å². The van der Waals surface area contributed by atoms with Crippen LogP contribution in [0.2, 0.25) is 0 Å². The van der Waals surface area contributed by atoms with Crippen LogP contribution in [0.4, 0.5) is 0 Å². The molecule has 82 valence electrons. The van der Waals surface area contributed by atoms with Gasteiger partial charge in [-0.25, -0.2) is 0 Å². The van der Waals surface area contributed by atoms with Gasteiger partial charge in [0.25, 0.3) is 0 Å². The number of halogens is 1. The van der Waals surface area contributed by atoms with Gasteiger partial charge >= 0.3 is 0 Å². The normalized spacial score (nSPS) is 27.1. The summed E-state index contributed by atoms with van der Waals surface area (Å²) in [5.74, 6) is 0.498. The Balaban J connectivity index is 2.14. The highest BCUT2D eigenvalue weighted by molar-refractivity contribution is 9.10. The highest BCUT2D eigenvalue weighted by atomic mass is 79.9. The quantitative estimate of drug-likeness (QED) is 0.891. The van der Waals surface area contributed by atoms with Crippen LogP contribution in [0.15, 0.2) is 28.7 Å². The molecule has 0 bridgehead atoms. The predicted octanol–water partition coefficient (Wildman–Crippen LogP) is 2.20. The standard InChI is InChI=1S/C12H17BrN2/c1-2-15-7-11(12(14)8-15)9-3-5-10(13)6-4-9/h3-6,11-12H,2,7-8,14H2,1H3/t11-,12+/m1/s1. The van der Waals surface area contributed by atoms with E-state index in [4.69, 9.17) is 5.73 Å². The van der Waals surface area contributed by atoms with Crippen molar-refractivity contribution >= 4 is 15.9 Å². The Bertz CT molecular complexity index is 323. The molecule has 1 aromatic rings. The number of rotatable bonds is 2. The lowest BCUT2D eigenvalue weighted by atomic mass is 9.95. The number of nitrogens with zero attached hydrogens (tertiary/aromatic N) is 1. The van der Waals surface area contributed by atoms with Crippen LogP contribution in [-0.4, -0.2) is 30.6 Å². The number of likely N-dealkylation sites (N-methyl/N-ethyl adjacent to an activating group) is 1. The van der Waals surface area contributed by atoms with Crippen molar-refractivity contribution in [2.24, 2.45) is 5.73 Å². The number of benzene rings is 1. The minimum atomic E-state index is 0.283. The van der Waals surface area contributed by atoms with E-state index in [-0.39, 0.29) is 6.04 Å². The molecule has 0 radical (unpaired) electrons. The second-order valence-corrected chi connectivity index (χ2v) is 5.09. The molecule has 1 aliphatic heterocycles. The average molecular weight is 269 g/mol. The lowest BCUT2D eigenvalue weighted by molar-refractivity contribution is 0.350. The van der Waals surface area contributed by atoms with Gasteiger partial charge in [0.05, 0.1) is 0 Å². The van der Waals surface area contributed by atoms with E-state index in [2.05, 4.69) is 52.0 Å². The summed E-state index contributed by atoms with van der Waals surface area (Å²) in [4.78, 5) is 2.41. The van der Waals surface area contributed by atoms with Crippen molar-refractivity contribution in [1.82, 2.24) is 4.90 Å². The predicted molar refractivity (Wildman–Crippen MR) is 67.0 cm³/mol. The maximum absolute atomic E-state index is 6.16. The van der Waals surface area contributed by atoms with Gasteiger partial charge in [-0.3, -0.25) is 0 Å². The molecule has 1 aliphatic rings. The zero-order chi connectivity index (χ0) is 10.8. The Hall–Kier alpha value is -0.380. The van der Waals surface area contributed by atoms with Crippen LogP contribution in [0.1, 0.15) is 18.4 Å². The zero-order valence-corrected chi connectivity index (χ0v) is 10.6. The van der Waals surface area contributed by atoms with Crippen LogP contribution in [0.25, 0.3) is 0 Å². The molecular formula is C12H17BrN2. The number of hydrogen-bond donors (Lipinski definition) is 1. The van der Waals surface area contributed by atoms with Gasteiger partial charge in [0.15, 0.2) is 0 Å². The smallest absolute Gasteiger partial charge is 0.0249 e. The van der Waals surface area contributed by atoms with Crippen molar-refractivity contribution in [2.75, 3.05) is 19.6 Å². The number of hydrogen-bond acceptors (Lipinski definition) is 2. The fourth-order valence-electron chi connectivity index (χ4n) is 2.23. The monoisotopic (exact) mass is 268 g/mol. The van der Waals surface area contributed by atoms with Crippen LogP contribution in [0.5, 0.6) is 0 Å². The van der Waals surface area contributed by atoms with E-state index in [9.17, 15) is 0 Å². The molecule has 1 heterocycles. The molecule has 0 saturated carbocycles. The number of nitrogens with two attached hydrogens (primary N) is 1. The van der Waals surface area contributed by atoms with E-state index in [0.717, 1.165) is 24.1 Å². The summed E-state index contributed by atoms with van der Waals surface area (Å²) in [6.45, 7) is 5.41. The molecule has 2 atom stereocenters. The summed E-state index contributed by atoms with van der Waals surface area (Å²) < 4.78 is 1.13. The fraction of sp³-hybridized carbons (Fsp3) is 0.500. The van der Waals surface area contributed by atoms with Crippen molar-refractivity contribution in [2.45, 2.75) is 18.9 Å². The van der Waals surface area contributed by atoms with E-state index in [1.165, 1.54) is 5.56 Å². The summed E-state index contributed by atoms with van der Waals surface area (Å²) in [5.41, 5.74) is 7.52. The highest BCUT2D eigenvalue weighted by Gasteiger charge is 2.29. The fourth-order valence-corrected chi connectivity index (χ4v) is 2.50. The molecule has 0 aromatic heterocycles. The molecule has 1 aromatic carbocycles. The van der Waals surface area contributed by atoms with Crippen LogP contribution < -0.4 is 5.73 Å². The molecule has 2 N–H and O–H groups in total. The largest absolute Gasteiger partial charge is 0.326 e. The molecule has 1 fully saturated rings. The van der Waals surface area contributed by atoms with Crippen LogP contribution in [-0.2, 0) is 0 Å². The van der Waals surface area contributed by atoms with Gasteiger partial charge in [-0.15, -0.1) is 0 Å². The average Bonchev–Trinajstić information content (AvgIpc) is 2.61. The van der Waals surface area contributed by atoms with Gasteiger partial charge in [-0.05, 0) is 24.2 Å². The van der Waals surface area contributed by atoms with Gasteiger partial charge in [0.1, 0.15) is 0 Å². The molecule has 0 unspecified atom stereocenters. The molecule has 1 saturated heterocycles. The first-order valence-corrected chi connectivity index (χ1v) is 6.23. The Labute approximate surface area is 99.6 Å². The van der Waals surface area contributed by atoms with Crippen LogP contribution in [0.3, 0.4) is 0 Å². The minimum Gasteiger partial charge on any atom is -0.326 e. The summed E-state index contributed by atoms with van der Waals surface area (Å²) in [5, 5.41) is 0. The van der Waals surface area contributed by atoms with Gasteiger partial charge in [-0.1, -0.05) is 35.0 Å². The molecule has 3 heteroatoms. The number of likely N-dealkylation sites (tertiary alicyclic amines) is 1. The second-order valence-electron chi connectivity index (χ2n) is 4.17. The zero-order valence-electron chi connectivity index (χ0n) is 8.99. The van der Waals surface area contributed by atoms with E-state index in [1.807, 2.05) is 0 Å². The molecule has 0 spiro atoms. The molecule has 0 aliphatic carbocycles. The lowest BCUT2D eigenvalue weighted by Gasteiger charge is -2.14. The third kappa shape index (κ3) is 2.41. The van der Waals surface area contributed by atoms with Gasteiger partial charge in [0.2, 0.25) is 0 Å². The van der Waals surface area contributed by atoms with Gasteiger partial charge in [0, 0.05) is 29.5 Å². The topological polar surface area (TPSA) is 29.3 Å². The van der Waals surface area contributed by atoms with Crippen molar-refractivity contribution < 1.29 is 0 Å². The van der Waals surface area contributed by atoms with Gasteiger partial charge < -0.3 is 10.6 Å². The first-order chi connectivity index (χ1) is 7.20. The summed E-state index contributed by atoms with van der Waals surface area (Å²) in [7, 11) is 0. The van der Waals surface area contributed by atoms with Crippen LogP contribution >= 0.6 is 15.9 Å². The lowest BCUT2D eigenvalue weighted by Crippen LogP contribution is -2.28. The SMILES string of the molecule is CCN1C[C@H](c2ccc(Br)cc2)[C@@H](N)C1. The third-order valence-electron chi connectivity index (χ3n) is 3.19. The van der Waals surface area contributed by atoms with Crippen molar-refractivity contribution in [1.29, 1.82) is 0 Å². The van der Waals surface area contributed by atoms with Crippen LogP contribution in [0, 0.1) is 0 Å². The van der Waals surface area contributed by atoms with Crippen molar-refractivity contribution in [3.63, 3.8) is 0 Å². The summed E-state index contributed by atoms with van der Waals surface area (Å²) >= 11 is 3.45. The first-order valence-electron chi connectivity index (χ1n) is 5.44. The molecule has 2 nitrogen and oxygen atoms in total. The Morgan fingerprint density at radius 2 is 2.00 bits per heavy atom. The third-order valence-corrected chi connectivity index (χ3v) is 3.71. The Kier molecular flexibility index (Phi) is 3.44. The Morgan fingerprint density at radius 1 is 1.33 bits per heavy atom. The van der Waals surface area contributed by atoms with E-state index < -0.39 is 0 Å². The maximum atomic E-state index is 6.16. The van der Waals surface area contributed by atoms with Gasteiger partial charge in [-0.2, -0.15) is 0 Å². The Morgan fingerprint density at radius 3 is 2.53 bits per heavy atom. The van der Waals surface area contributed by atoms with Crippen molar-refractivity contribution in [3.05, 3.63) is 34.3 Å². The van der Waals surface area contributed by atoms with E-state index in [0.29, 0.717) is 5.92 Å². The van der Waals surface area contributed by atoms with Crippen molar-refractivity contribution in [3.8, 4) is 0 Å². The maximum Gasteiger partial charge on any atom is 0.0249 e. The minimum absolute atomic E-state index is 0.283. The van der Waals surface area contributed by atoms with E-state index >= 15 is 0 Å². The molecule has 2 rings (SSSR count). The molecule has 0 amide bonds. The second kappa shape index (κ2) is 4.64. The summed E-state index contributed by atoms with van der Waals surface area (Å²) in [6.07, 6.45) is 0. The molecule has 15 heavy (non-hydrogen) atoms. The summed E-state index contributed by atoms with van der Waals surface area (Å²) in [6, 6.07) is 8.82. The molecular weight excluding hydrogens is 252 g/mol.